The molecule has 0 aliphatic heterocycles. The molecule has 11 heteroatoms. The van der Waals surface area contributed by atoms with E-state index in [1.54, 1.807) is 0 Å². The molecule has 9 nitrogen and oxygen atoms in total. The van der Waals surface area contributed by atoms with Gasteiger partial charge in [-0.1, -0.05) is 0 Å². The van der Waals surface area contributed by atoms with E-state index in [4.69, 9.17) is 12.9 Å². The van der Waals surface area contributed by atoms with Crippen molar-refractivity contribution in [3.63, 3.8) is 0 Å². The fourth-order valence-corrected chi connectivity index (χ4v) is 1.65. The molecule has 0 bridgehead atoms. The van der Waals surface area contributed by atoms with Gasteiger partial charge >= 0.3 is 95.8 Å². The molecule has 0 heterocycles. The van der Waals surface area contributed by atoms with Gasteiger partial charge in [0.15, 0.2) is 0 Å². The molecule has 0 aliphatic carbocycles. The molecule has 1 rings (SSSR count). The van der Waals surface area contributed by atoms with Gasteiger partial charge in [0.2, 0.25) is 0 Å². The number of nitrogens with zero attached hydrogens (tertiary/aromatic N) is 2. The van der Waals surface area contributed by atoms with E-state index < -0.39 is 27.8 Å². The molecule has 0 spiro atoms. The van der Waals surface area contributed by atoms with Gasteiger partial charge in [0.25, 0.3) is 0 Å². The van der Waals surface area contributed by atoms with Gasteiger partial charge in [-0.2, -0.15) is 0 Å². The molecule has 0 atom stereocenters. The molecule has 0 amide bonds. The van der Waals surface area contributed by atoms with E-state index in [0.717, 1.165) is 24.3 Å². The zero-order chi connectivity index (χ0) is 13.3. The van der Waals surface area contributed by atoms with Gasteiger partial charge in [0, 0.05) is 0 Å². The van der Waals surface area contributed by atoms with Crippen molar-refractivity contribution in [3.05, 3.63) is 24.3 Å². The van der Waals surface area contributed by atoms with Crippen LogP contribution in [0.5, 0.6) is 0 Å². The van der Waals surface area contributed by atoms with E-state index in [1.165, 1.54) is 0 Å². The quantitative estimate of drug-likeness (QED) is 0.529. The summed E-state index contributed by atoms with van der Waals surface area (Å²) in [6.07, 6.45) is 0. The molecule has 0 radical (unpaired) electrons. The van der Waals surface area contributed by atoms with Crippen LogP contribution in [-0.2, 0) is 30.5 Å². The van der Waals surface area contributed by atoms with Gasteiger partial charge in [0.1, 0.15) is 0 Å². The zero-order valence-corrected chi connectivity index (χ0v) is 10.1. The molecule has 3 N–H and O–H groups in total. The topological polar surface area (TPSA) is 154 Å². The normalized spacial score (nSPS) is 15.6. The maximum absolute atomic E-state index is 10.6. The Bertz CT molecular complexity index is 674. The van der Waals surface area contributed by atoms with Crippen molar-refractivity contribution in [3.8, 4) is 0 Å². The van der Waals surface area contributed by atoms with Crippen LogP contribution < -0.4 is 0 Å². The Morgan fingerprint density at radius 1 is 1.06 bits per heavy atom. The molecule has 95 valence electrons. The van der Waals surface area contributed by atoms with Crippen LogP contribution in [0.1, 0.15) is 0 Å². The first-order valence-corrected chi connectivity index (χ1v) is 8.04. The van der Waals surface area contributed by atoms with Gasteiger partial charge in [-0.05, 0) is 0 Å². The second-order valence-electron chi connectivity index (χ2n) is 2.91. The van der Waals surface area contributed by atoms with Gasteiger partial charge < -0.3 is 0 Å². The van der Waals surface area contributed by atoms with Crippen LogP contribution in [0.25, 0.3) is 0 Å². The number of rotatable bonds is 3. The third kappa shape index (κ3) is 5.09. The molecule has 0 saturated carbocycles. The van der Waals surface area contributed by atoms with Crippen LogP contribution >= 0.6 is 0 Å². The molecule has 0 unspecified atom stereocenters. The Balaban J connectivity index is 3.07. The first kappa shape index (κ1) is 13.8. The summed E-state index contributed by atoms with van der Waals surface area (Å²) in [5.41, 5.74) is -0.143. The first-order chi connectivity index (χ1) is 7.43. The molecule has 0 aliphatic rings. The van der Waals surface area contributed by atoms with Crippen LogP contribution in [0.4, 0.5) is 5.69 Å². The Morgan fingerprint density at radius 2 is 1.53 bits per heavy atom. The molecule has 0 aromatic heterocycles. The van der Waals surface area contributed by atoms with Crippen molar-refractivity contribution in [2.24, 2.45) is 9.21 Å². The molecule has 0 saturated heterocycles. The molecule has 1 aromatic carbocycles. The van der Waals surface area contributed by atoms with E-state index in [2.05, 4.69) is 9.21 Å². The van der Waals surface area contributed by atoms with E-state index in [-0.39, 0.29) is 5.69 Å². The van der Waals surface area contributed by atoms with Crippen LogP contribution in [0.3, 0.4) is 0 Å². The fraction of sp³-hybridized carbons (Fsp3) is 0. The average Bonchev–Trinajstić information content (AvgIpc) is 2.12. The summed E-state index contributed by atoms with van der Waals surface area (Å²) in [5.74, 6) is 0. The van der Waals surface area contributed by atoms with E-state index in [1.807, 2.05) is 0 Å². The number of benzene rings is 1. The molecule has 1 aromatic rings. The van der Waals surface area contributed by atoms with Gasteiger partial charge in [0.05, 0.1) is 0 Å². The number of hydrogen-bond acceptors (Lipinski definition) is 5. The van der Waals surface area contributed by atoms with Crippen molar-refractivity contribution in [2.75, 3.05) is 0 Å². The summed E-state index contributed by atoms with van der Waals surface area (Å²) in [4.78, 5) is -0.422. The molecule has 17 heavy (non-hydrogen) atoms. The van der Waals surface area contributed by atoms with Crippen molar-refractivity contribution >= 4 is 15.8 Å². The fourth-order valence-electron chi connectivity index (χ4n) is 0.802. The predicted octanol–water partition coefficient (Wildman–Crippen LogP) is 0.127. The van der Waals surface area contributed by atoms with Crippen LogP contribution in [0, 0.1) is 0 Å². The Morgan fingerprint density at radius 3 is 1.88 bits per heavy atom. The zero-order valence-electron chi connectivity index (χ0n) is 7.99. The Hall–Kier alpha value is -1.22. The molecular formula is C6H7CrN2O7S. The minimum absolute atomic E-state index is 0.143. The van der Waals surface area contributed by atoms with Crippen LogP contribution in [0.2, 0.25) is 0 Å². The predicted molar refractivity (Wildman–Crippen MR) is 46.6 cm³/mol. The van der Waals surface area contributed by atoms with E-state index >= 15 is 0 Å². The monoisotopic (exact) mass is 303 g/mol. The summed E-state index contributed by atoms with van der Waals surface area (Å²) in [6.45, 7) is 0. The Kier molecular flexibility index (Phi) is 3.19. The second kappa shape index (κ2) is 3.91. The van der Waals surface area contributed by atoms with Crippen LogP contribution in [0.15, 0.2) is 38.4 Å². The molecular weight excluding hydrogens is 296 g/mol. The van der Waals surface area contributed by atoms with Gasteiger partial charge in [-0.15, -0.1) is 0 Å². The van der Waals surface area contributed by atoms with Crippen molar-refractivity contribution < 1.29 is 41.7 Å². The summed E-state index contributed by atoms with van der Waals surface area (Å²) in [5, 5.41) is 2.97. The van der Waals surface area contributed by atoms with E-state index in [0.29, 0.717) is 0 Å². The van der Waals surface area contributed by atoms with Gasteiger partial charge in [-0.3, -0.25) is 0 Å². The first-order valence-electron chi connectivity index (χ1n) is 3.85. The minimum atomic E-state index is -6.94. The molecule has 0 fully saturated rings. The van der Waals surface area contributed by atoms with E-state index in [9.17, 15) is 16.0 Å². The SMILES string of the molecule is O=S(=O)(O)c1ccc(N=[N][Cr](=[O])(=[O])([OH])[OH])cc1. The maximum atomic E-state index is 10.6. The standard InChI is InChI=1S/C6H5N2O3S.Cr.2H2O.2O/c7-8-5-1-3-6(4-2-5)12(9,10)11;;;;;/h1-4H,(H,9,10,11);;2*1H2;;/q-1;+3;;;;/p-2. The van der Waals surface area contributed by atoms with Gasteiger partial charge in [-0.25, -0.2) is 0 Å². The summed E-state index contributed by atoms with van der Waals surface area (Å²) in [6, 6.07) is 3.90. The van der Waals surface area contributed by atoms with Crippen molar-refractivity contribution in [1.82, 2.24) is 0 Å². The third-order valence-electron chi connectivity index (χ3n) is 1.43. The summed E-state index contributed by atoms with van der Waals surface area (Å²) >= 11 is -6.94. The second-order valence-corrected chi connectivity index (χ2v) is 6.96. The van der Waals surface area contributed by atoms with Crippen LogP contribution in [-0.4, -0.2) is 21.3 Å². The number of hydrogen-bond donors (Lipinski definition) is 3. The van der Waals surface area contributed by atoms with Crippen molar-refractivity contribution in [2.45, 2.75) is 4.90 Å². The average molecular weight is 303 g/mol. The van der Waals surface area contributed by atoms with Crippen molar-refractivity contribution in [1.29, 1.82) is 0 Å². The third-order valence-corrected chi connectivity index (χ3v) is 2.86. The summed E-state index contributed by atoms with van der Waals surface area (Å²) in [7, 11) is -4.36. The summed E-state index contributed by atoms with van der Waals surface area (Å²) < 4.78 is 69.7. The Labute approximate surface area is 96.1 Å².